The predicted octanol–water partition coefficient (Wildman–Crippen LogP) is 2.67. The number of nitrogens with zero attached hydrogens (tertiary/aromatic N) is 1. The first kappa shape index (κ1) is 13.7. The van der Waals surface area contributed by atoms with Gasteiger partial charge in [0.15, 0.2) is 0 Å². The number of ether oxygens (including phenoxy) is 1. The van der Waals surface area contributed by atoms with Crippen LogP contribution in [0.4, 0.5) is 0 Å². The zero-order valence-electron chi connectivity index (χ0n) is 12.6. The molecule has 0 radical (unpaired) electrons. The Kier molecular flexibility index (Phi) is 2.97. The second-order valence-corrected chi connectivity index (χ2v) is 8.09. The molecule has 114 valence electrons. The molecule has 0 bridgehead atoms. The maximum atomic E-state index is 12.9. The fourth-order valence-electron chi connectivity index (χ4n) is 3.71. The first-order chi connectivity index (χ1) is 10.0. The summed E-state index contributed by atoms with van der Waals surface area (Å²) in [4.78, 5) is 16.3. The van der Waals surface area contributed by atoms with E-state index in [1.807, 2.05) is 0 Å². The van der Waals surface area contributed by atoms with Crippen LogP contribution in [0.5, 0.6) is 0 Å². The van der Waals surface area contributed by atoms with Crippen LogP contribution in [-0.2, 0) is 9.53 Å². The third-order valence-electron chi connectivity index (χ3n) is 4.96. The van der Waals surface area contributed by atoms with Gasteiger partial charge in [0.1, 0.15) is 11.7 Å². The van der Waals surface area contributed by atoms with Gasteiger partial charge in [-0.25, -0.2) is 0 Å². The summed E-state index contributed by atoms with van der Waals surface area (Å²) in [6.07, 6.45) is 3.87. The minimum Gasteiger partial charge on any atom is -0.375 e. The smallest absolute Gasteiger partial charge is 0.244 e. The number of hydrogen-bond donors (Lipinski definition) is 1. The lowest BCUT2D eigenvalue weighted by Crippen LogP contribution is -2.48. The van der Waals surface area contributed by atoms with Gasteiger partial charge in [-0.3, -0.25) is 10.1 Å². The van der Waals surface area contributed by atoms with Crippen LogP contribution in [0.25, 0.3) is 0 Å². The lowest BCUT2D eigenvalue weighted by molar-refractivity contribution is -0.139. The summed E-state index contributed by atoms with van der Waals surface area (Å²) in [6.45, 7) is 4.99. The topological polar surface area (TPSA) is 41.6 Å². The minimum atomic E-state index is -0.253. The summed E-state index contributed by atoms with van der Waals surface area (Å²) in [5.74, 6) is 0.309. The average Bonchev–Trinajstić information content (AvgIpc) is 2.90. The Hall–Kier alpha value is -0.910. The number of hydrogen-bond acceptors (Lipinski definition) is 4. The molecule has 3 fully saturated rings. The summed E-state index contributed by atoms with van der Waals surface area (Å²) in [6, 6.07) is 4.48. The van der Waals surface area contributed by atoms with Gasteiger partial charge in [0.05, 0.1) is 5.60 Å². The minimum absolute atomic E-state index is 0.0545. The van der Waals surface area contributed by atoms with Crippen LogP contribution in [0.2, 0.25) is 0 Å². The number of carbonyl (C=O) groups excluding carboxylic acids is 1. The average molecular weight is 306 g/mol. The van der Waals surface area contributed by atoms with Crippen molar-refractivity contribution in [2.75, 3.05) is 6.61 Å². The van der Waals surface area contributed by atoms with Crippen molar-refractivity contribution in [2.24, 2.45) is 0 Å². The molecule has 4 nitrogen and oxygen atoms in total. The van der Waals surface area contributed by atoms with Gasteiger partial charge in [0.2, 0.25) is 5.91 Å². The van der Waals surface area contributed by atoms with E-state index in [0.29, 0.717) is 5.91 Å². The van der Waals surface area contributed by atoms with E-state index in [4.69, 9.17) is 4.74 Å². The van der Waals surface area contributed by atoms with E-state index in [0.717, 1.165) is 32.3 Å². The van der Waals surface area contributed by atoms with E-state index in [1.54, 1.807) is 11.3 Å². The van der Waals surface area contributed by atoms with Crippen LogP contribution in [0.3, 0.4) is 0 Å². The maximum absolute atomic E-state index is 12.9. The quantitative estimate of drug-likeness (QED) is 0.913. The molecule has 1 aromatic rings. The molecule has 1 saturated carbocycles. The van der Waals surface area contributed by atoms with Crippen molar-refractivity contribution in [1.82, 2.24) is 10.2 Å². The van der Waals surface area contributed by atoms with Gasteiger partial charge in [0.25, 0.3) is 0 Å². The highest BCUT2D eigenvalue weighted by molar-refractivity contribution is 7.10. The molecule has 3 aliphatic rings. The zero-order chi connectivity index (χ0) is 14.7. The molecular formula is C16H22N2O2S. The number of carbonyl (C=O) groups is 1. The third-order valence-corrected chi connectivity index (χ3v) is 5.89. The molecule has 4 rings (SSSR count). The number of nitrogens with one attached hydrogen (secondary N) is 1. The Morgan fingerprint density at radius 2 is 2.24 bits per heavy atom. The van der Waals surface area contributed by atoms with Gasteiger partial charge in [-0.05, 0) is 51.0 Å². The van der Waals surface area contributed by atoms with Gasteiger partial charge in [0, 0.05) is 17.5 Å². The summed E-state index contributed by atoms with van der Waals surface area (Å²) in [5.41, 5.74) is -0.389. The van der Waals surface area contributed by atoms with Crippen LogP contribution >= 0.6 is 11.3 Å². The third kappa shape index (κ3) is 2.22. The molecular weight excluding hydrogens is 284 g/mol. The first-order valence-electron chi connectivity index (χ1n) is 7.79. The summed E-state index contributed by atoms with van der Waals surface area (Å²) < 4.78 is 5.83. The lowest BCUT2D eigenvalue weighted by Gasteiger charge is -2.41. The Balaban J connectivity index is 1.65. The monoisotopic (exact) mass is 306 g/mol. The standard InChI is InChI=1S/C16H22N2O2S/c1-15(2)10-11(5-8-20-15)18-13(12-4-3-9-21-12)17-16(6-7-16)14(18)19/h3-4,9,11,13,17H,5-8,10H2,1-2H3. The Bertz CT molecular complexity index is 551. The number of rotatable bonds is 2. The Morgan fingerprint density at radius 1 is 1.43 bits per heavy atom. The van der Waals surface area contributed by atoms with Crippen LogP contribution in [0.15, 0.2) is 17.5 Å². The van der Waals surface area contributed by atoms with E-state index in [9.17, 15) is 4.79 Å². The summed E-state index contributed by atoms with van der Waals surface area (Å²) in [5, 5.41) is 5.70. The molecule has 2 atom stereocenters. The summed E-state index contributed by atoms with van der Waals surface area (Å²) in [7, 11) is 0. The van der Waals surface area contributed by atoms with Crippen LogP contribution in [0.1, 0.15) is 50.6 Å². The van der Waals surface area contributed by atoms with Crippen molar-refractivity contribution in [3.05, 3.63) is 22.4 Å². The highest BCUT2D eigenvalue weighted by Gasteiger charge is 2.61. The van der Waals surface area contributed by atoms with E-state index in [1.165, 1.54) is 4.88 Å². The van der Waals surface area contributed by atoms with Crippen molar-refractivity contribution < 1.29 is 9.53 Å². The van der Waals surface area contributed by atoms with E-state index >= 15 is 0 Å². The highest BCUT2D eigenvalue weighted by Crippen LogP contribution is 2.48. The van der Waals surface area contributed by atoms with Crippen LogP contribution < -0.4 is 5.32 Å². The van der Waals surface area contributed by atoms with Gasteiger partial charge in [-0.2, -0.15) is 0 Å². The largest absolute Gasteiger partial charge is 0.375 e. The second kappa shape index (κ2) is 4.54. The first-order valence-corrected chi connectivity index (χ1v) is 8.67. The number of amides is 1. The fraction of sp³-hybridized carbons (Fsp3) is 0.688. The normalized spacial score (nSPS) is 33.6. The Labute approximate surface area is 129 Å². The molecule has 21 heavy (non-hydrogen) atoms. The van der Waals surface area contributed by atoms with Gasteiger partial charge in [-0.15, -0.1) is 11.3 Å². The SMILES string of the molecule is CC1(C)CC(N2C(=O)C3(CC3)NC2c2cccs2)CCO1. The van der Waals surface area contributed by atoms with Crippen LogP contribution in [0, 0.1) is 0 Å². The molecule has 2 saturated heterocycles. The maximum Gasteiger partial charge on any atom is 0.244 e. The molecule has 1 N–H and O–H groups in total. The van der Waals surface area contributed by atoms with Crippen LogP contribution in [-0.4, -0.2) is 34.6 Å². The molecule has 1 spiro atoms. The molecule has 2 unspecified atom stereocenters. The molecule has 1 aliphatic carbocycles. The molecule has 1 amide bonds. The lowest BCUT2D eigenvalue weighted by atomic mass is 9.92. The van der Waals surface area contributed by atoms with Crippen molar-refractivity contribution in [3.63, 3.8) is 0 Å². The van der Waals surface area contributed by atoms with Crippen molar-refractivity contribution in [1.29, 1.82) is 0 Å². The molecule has 5 heteroatoms. The molecule has 0 aromatic carbocycles. The molecule has 1 aromatic heterocycles. The van der Waals surface area contributed by atoms with Crippen molar-refractivity contribution in [3.8, 4) is 0 Å². The number of thiophene rings is 1. The Morgan fingerprint density at radius 3 is 2.86 bits per heavy atom. The van der Waals surface area contributed by atoms with Gasteiger partial charge >= 0.3 is 0 Å². The molecule has 2 aliphatic heterocycles. The zero-order valence-corrected chi connectivity index (χ0v) is 13.4. The summed E-state index contributed by atoms with van der Waals surface area (Å²) >= 11 is 1.73. The highest BCUT2D eigenvalue weighted by atomic mass is 32.1. The van der Waals surface area contributed by atoms with Crippen molar-refractivity contribution in [2.45, 2.75) is 62.9 Å². The van der Waals surface area contributed by atoms with E-state index < -0.39 is 0 Å². The predicted molar refractivity (Wildman–Crippen MR) is 82.1 cm³/mol. The van der Waals surface area contributed by atoms with Crippen molar-refractivity contribution >= 4 is 17.2 Å². The van der Waals surface area contributed by atoms with E-state index in [-0.39, 0.29) is 23.3 Å². The van der Waals surface area contributed by atoms with E-state index in [2.05, 4.69) is 41.6 Å². The second-order valence-electron chi connectivity index (χ2n) is 7.11. The molecule has 3 heterocycles. The van der Waals surface area contributed by atoms with Gasteiger partial charge in [-0.1, -0.05) is 6.07 Å². The fourth-order valence-corrected chi connectivity index (χ4v) is 4.48. The van der Waals surface area contributed by atoms with Gasteiger partial charge < -0.3 is 9.64 Å².